The Kier molecular flexibility index (Phi) is 6.27. The molecule has 1 N–H and O–H groups in total. The molecule has 0 aromatic heterocycles. The fraction of sp³-hybridized carbons (Fsp3) is 0.720. The summed E-state index contributed by atoms with van der Waals surface area (Å²) >= 11 is 0.378. The van der Waals surface area contributed by atoms with Crippen LogP contribution in [0.25, 0.3) is 0 Å². The van der Waals surface area contributed by atoms with Gasteiger partial charge in [-0.2, -0.15) is 0 Å². The summed E-state index contributed by atoms with van der Waals surface area (Å²) in [6, 6.07) is -1.04. The third-order valence-corrected chi connectivity index (χ3v) is 9.95. The van der Waals surface area contributed by atoms with Gasteiger partial charge in [0.1, 0.15) is 12.2 Å². The number of ketones is 1. The lowest BCUT2D eigenvalue weighted by atomic mass is 9.44. The second-order valence-electron chi connectivity index (χ2n) is 11.0. The first-order valence-corrected chi connectivity index (χ1v) is 12.8. The zero-order valence-corrected chi connectivity index (χ0v) is 21.3. The van der Waals surface area contributed by atoms with Gasteiger partial charge in [-0.1, -0.05) is 19.9 Å². The first-order valence-electron chi connectivity index (χ1n) is 11.8. The molecule has 0 spiro atoms. The smallest absolute Gasteiger partial charge is 0.410 e. The molecule has 0 saturated heterocycles. The lowest BCUT2D eigenvalue weighted by Gasteiger charge is -2.63. The molecule has 35 heavy (non-hydrogen) atoms. The zero-order chi connectivity index (χ0) is 26.1. The van der Waals surface area contributed by atoms with Crippen LogP contribution in [0.3, 0.4) is 0 Å². The van der Waals surface area contributed by atoms with Gasteiger partial charge in [0.05, 0.1) is 6.10 Å². The Morgan fingerprint density at radius 3 is 2.51 bits per heavy atom. The molecule has 194 valence electrons. The highest BCUT2D eigenvalue weighted by Gasteiger charge is 2.78. The quantitative estimate of drug-likeness (QED) is 0.607. The van der Waals surface area contributed by atoms with E-state index in [9.17, 15) is 23.9 Å². The fourth-order valence-electron chi connectivity index (χ4n) is 7.60. The molecule has 0 aromatic rings. The molecule has 0 heterocycles. The Hall–Kier alpha value is -1.81. The maximum Gasteiger partial charge on any atom is 0.410 e. The van der Waals surface area contributed by atoms with Crippen molar-refractivity contribution in [3.05, 3.63) is 23.8 Å². The zero-order valence-electron chi connectivity index (χ0n) is 20.5. The number of allylic oxidation sites excluding steroid dienone is 4. The van der Waals surface area contributed by atoms with E-state index in [1.165, 1.54) is 33.2 Å². The van der Waals surface area contributed by atoms with Crippen molar-refractivity contribution in [2.75, 3.05) is 20.1 Å². The van der Waals surface area contributed by atoms with E-state index in [-0.39, 0.29) is 24.8 Å². The lowest BCUT2D eigenvalue weighted by molar-refractivity contribution is -0.221. The normalized spacial score (nSPS) is 46.3. The number of aliphatic hydroxyl groups is 1. The summed E-state index contributed by atoms with van der Waals surface area (Å²) < 4.78 is 52.0. The van der Waals surface area contributed by atoms with Gasteiger partial charge in [-0.15, -0.1) is 0 Å². The van der Waals surface area contributed by atoms with Crippen LogP contribution >= 0.6 is 11.8 Å². The van der Waals surface area contributed by atoms with Crippen molar-refractivity contribution in [1.82, 2.24) is 4.90 Å². The number of hydrogen-bond donors (Lipinski definition) is 1. The molecule has 3 fully saturated rings. The minimum absolute atomic E-state index is 0.00630. The van der Waals surface area contributed by atoms with Gasteiger partial charge < -0.3 is 14.7 Å². The van der Waals surface area contributed by atoms with Crippen LogP contribution < -0.4 is 0 Å². The lowest BCUT2D eigenvalue weighted by Crippen LogP contribution is -2.70. The van der Waals surface area contributed by atoms with Crippen LogP contribution in [-0.4, -0.2) is 70.6 Å². The standard InChI is InChI=1S/C25H32F3NO5S/c1-13-8-15-16-10-18(27)17-9-14(30)6-7-22(17,2)24(16,28)19(31)11-23(15,3)25(13,20(32)35-12-26)34-21(33)29(4)5/h6-7,9,13,15-16,18-19,31H,8,10-12H2,1-5H3/t13-,15+,16+,18+,19+,22+,23+,24+,25+/m1/s1. The first kappa shape index (κ1) is 26.3. The topological polar surface area (TPSA) is 83.9 Å². The number of alkyl halides is 3. The Morgan fingerprint density at radius 2 is 1.91 bits per heavy atom. The van der Waals surface area contributed by atoms with E-state index in [2.05, 4.69) is 0 Å². The average Bonchev–Trinajstić information content (AvgIpc) is 2.99. The Labute approximate surface area is 207 Å². The summed E-state index contributed by atoms with van der Waals surface area (Å²) in [6.07, 6.45) is -0.744. The van der Waals surface area contributed by atoms with Crippen LogP contribution in [0.5, 0.6) is 0 Å². The molecule has 4 aliphatic rings. The molecule has 0 radical (unpaired) electrons. The number of ether oxygens (including phenoxy) is 1. The van der Waals surface area contributed by atoms with Crippen molar-refractivity contribution >= 4 is 28.8 Å². The van der Waals surface area contributed by atoms with Crippen molar-refractivity contribution in [2.45, 2.75) is 63.6 Å². The summed E-state index contributed by atoms with van der Waals surface area (Å²) in [5.41, 5.74) is -6.98. The Bertz CT molecular complexity index is 1020. The molecular weight excluding hydrogens is 483 g/mol. The molecule has 3 saturated carbocycles. The number of carbonyl (C=O) groups is 3. The third kappa shape index (κ3) is 3.24. The molecule has 4 rings (SSSR count). The predicted octanol–water partition coefficient (Wildman–Crippen LogP) is 4.18. The summed E-state index contributed by atoms with van der Waals surface area (Å²) in [4.78, 5) is 39.3. The SMILES string of the molecule is C[C@@H]1C[C@H]2[C@@H]3C[C@H](F)C4=CC(=O)C=C[C@]4(C)[C@@]3(F)[C@@H](O)C[C@]2(C)[C@@]1(OC(=O)N(C)C)C(=O)SCF. The summed E-state index contributed by atoms with van der Waals surface area (Å²) in [5.74, 6) is -2.74. The minimum Gasteiger partial charge on any atom is -0.433 e. The van der Waals surface area contributed by atoms with Crippen molar-refractivity contribution in [3.8, 4) is 0 Å². The molecule has 0 aromatic carbocycles. The average molecular weight is 516 g/mol. The molecule has 9 atom stereocenters. The van der Waals surface area contributed by atoms with E-state index in [0.29, 0.717) is 11.8 Å². The van der Waals surface area contributed by atoms with Gasteiger partial charge in [-0.3, -0.25) is 9.59 Å². The maximum absolute atomic E-state index is 17.3. The highest BCUT2D eigenvalue weighted by Crippen LogP contribution is 2.72. The molecule has 0 aliphatic heterocycles. The van der Waals surface area contributed by atoms with Gasteiger partial charge >= 0.3 is 6.09 Å². The van der Waals surface area contributed by atoms with E-state index >= 15 is 8.78 Å². The van der Waals surface area contributed by atoms with E-state index in [1.807, 2.05) is 0 Å². The first-order chi connectivity index (χ1) is 16.2. The number of aliphatic hydroxyl groups excluding tert-OH is 1. The van der Waals surface area contributed by atoms with Gasteiger partial charge in [0.15, 0.2) is 17.1 Å². The van der Waals surface area contributed by atoms with E-state index in [0.717, 1.165) is 11.0 Å². The van der Waals surface area contributed by atoms with E-state index in [4.69, 9.17) is 4.74 Å². The summed E-state index contributed by atoms with van der Waals surface area (Å²) in [5, 5.41) is 10.7. The monoisotopic (exact) mass is 515 g/mol. The van der Waals surface area contributed by atoms with Crippen molar-refractivity contribution in [2.24, 2.45) is 28.6 Å². The van der Waals surface area contributed by atoms with Gasteiger partial charge in [0, 0.05) is 36.8 Å². The number of amides is 1. The molecule has 10 heteroatoms. The van der Waals surface area contributed by atoms with Crippen molar-refractivity contribution < 1.29 is 37.4 Å². The Morgan fingerprint density at radius 1 is 1.26 bits per heavy atom. The molecule has 0 bridgehead atoms. The van der Waals surface area contributed by atoms with Crippen LogP contribution in [0.4, 0.5) is 18.0 Å². The van der Waals surface area contributed by atoms with Crippen LogP contribution in [0.15, 0.2) is 23.8 Å². The second kappa shape index (κ2) is 8.36. The van der Waals surface area contributed by atoms with Crippen LogP contribution in [0.1, 0.15) is 40.0 Å². The largest absolute Gasteiger partial charge is 0.433 e. The molecule has 6 nitrogen and oxygen atoms in total. The van der Waals surface area contributed by atoms with Gasteiger partial charge in [-0.25, -0.2) is 18.0 Å². The van der Waals surface area contributed by atoms with Crippen LogP contribution in [0.2, 0.25) is 0 Å². The highest BCUT2D eigenvalue weighted by molar-refractivity contribution is 8.13. The molecular formula is C25H32F3NO5S. The summed E-state index contributed by atoms with van der Waals surface area (Å²) in [7, 11) is 2.90. The van der Waals surface area contributed by atoms with Gasteiger partial charge in [-0.05, 0) is 61.6 Å². The molecule has 1 amide bonds. The minimum atomic E-state index is -2.32. The number of hydrogen-bond acceptors (Lipinski definition) is 6. The number of carbonyl (C=O) groups excluding carboxylic acids is 3. The van der Waals surface area contributed by atoms with Crippen LogP contribution in [-0.2, 0) is 14.3 Å². The van der Waals surface area contributed by atoms with Gasteiger partial charge in [0.2, 0.25) is 5.12 Å². The van der Waals surface area contributed by atoms with E-state index in [1.54, 1.807) is 13.8 Å². The fourth-order valence-corrected chi connectivity index (χ4v) is 8.39. The molecule has 4 aliphatic carbocycles. The molecule has 0 unspecified atom stereocenters. The third-order valence-electron chi connectivity index (χ3n) is 9.27. The van der Waals surface area contributed by atoms with E-state index < -0.39 is 75.1 Å². The van der Waals surface area contributed by atoms with Gasteiger partial charge in [0.25, 0.3) is 0 Å². The maximum atomic E-state index is 17.3. The Balaban J connectivity index is 1.87. The number of rotatable bonds is 3. The van der Waals surface area contributed by atoms with Crippen molar-refractivity contribution in [1.29, 1.82) is 0 Å². The number of halogens is 3. The highest BCUT2D eigenvalue weighted by atomic mass is 32.2. The van der Waals surface area contributed by atoms with Crippen molar-refractivity contribution in [3.63, 3.8) is 0 Å². The number of nitrogens with zero attached hydrogens (tertiary/aromatic N) is 1. The predicted molar refractivity (Wildman–Crippen MR) is 125 cm³/mol. The van der Waals surface area contributed by atoms with Crippen LogP contribution in [0, 0.1) is 28.6 Å². The second-order valence-corrected chi connectivity index (χ2v) is 11.9. The number of thioether (sulfide) groups is 1. The summed E-state index contributed by atoms with van der Waals surface area (Å²) in [6.45, 7) is 4.84. The number of fused-ring (bicyclic) bond motifs is 5.